The van der Waals surface area contributed by atoms with E-state index in [9.17, 15) is 4.79 Å². The van der Waals surface area contributed by atoms with Crippen molar-refractivity contribution in [2.75, 3.05) is 0 Å². The van der Waals surface area contributed by atoms with Crippen LogP contribution in [0, 0.1) is 0 Å². The minimum Gasteiger partial charge on any atom is -0.488 e. The van der Waals surface area contributed by atoms with Crippen LogP contribution >= 0.6 is 43.5 Å². The molecule has 0 aliphatic rings. The van der Waals surface area contributed by atoms with Gasteiger partial charge in [-0.3, -0.25) is 4.79 Å². The lowest BCUT2D eigenvalue weighted by Gasteiger charge is -2.09. The number of hydrogen-bond acceptors (Lipinski definition) is 4. The molecule has 5 nitrogen and oxygen atoms in total. The molecule has 0 unspecified atom stereocenters. The molecule has 1 amide bonds. The third kappa shape index (κ3) is 5.36. The molecule has 0 bridgehead atoms. The van der Waals surface area contributed by atoms with Gasteiger partial charge in [0.2, 0.25) is 0 Å². The van der Waals surface area contributed by atoms with Crippen LogP contribution in [0.2, 0.25) is 5.02 Å². The van der Waals surface area contributed by atoms with Crippen LogP contribution < -0.4 is 10.2 Å². The lowest BCUT2D eigenvalue weighted by Crippen LogP contribution is -2.16. The molecule has 0 spiro atoms. The Balaban J connectivity index is 1.43. The number of furan rings is 1. The van der Waals surface area contributed by atoms with Crippen LogP contribution in [0.4, 0.5) is 0 Å². The fourth-order valence-corrected chi connectivity index (χ4v) is 4.33. The van der Waals surface area contributed by atoms with Crippen LogP contribution in [-0.2, 0) is 6.61 Å². The van der Waals surface area contributed by atoms with E-state index >= 15 is 0 Å². The van der Waals surface area contributed by atoms with E-state index in [1.54, 1.807) is 6.07 Å². The summed E-state index contributed by atoms with van der Waals surface area (Å²) in [7, 11) is 0. The van der Waals surface area contributed by atoms with Gasteiger partial charge in [-0.25, -0.2) is 5.43 Å². The molecule has 0 saturated carbocycles. The monoisotopic (exact) mass is 560 g/mol. The van der Waals surface area contributed by atoms with Crippen molar-refractivity contribution in [2.45, 2.75) is 6.61 Å². The highest BCUT2D eigenvalue weighted by Gasteiger charge is 2.14. The fourth-order valence-electron chi connectivity index (χ4n) is 2.86. The summed E-state index contributed by atoms with van der Waals surface area (Å²) in [6.45, 7) is 0.387. The fraction of sp³-hybridized carbons (Fsp3) is 0.0435. The molecule has 4 rings (SSSR count). The Hall–Kier alpha value is -2.61. The topological polar surface area (TPSA) is 63.8 Å². The minimum absolute atomic E-state index is 0.165. The summed E-state index contributed by atoms with van der Waals surface area (Å²) >= 11 is 12.8. The van der Waals surface area contributed by atoms with Crippen molar-refractivity contribution < 1.29 is 13.9 Å². The molecule has 1 N–H and O–H groups in total. The maximum Gasteiger partial charge on any atom is 0.307 e. The van der Waals surface area contributed by atoms with Crippen LogP contribution in [0.5, 0.6) is 5.75 Å². The van der Waals surface area contributed by atoms with Crippen molar-refractivity contribution in [1.82, 2.24) is 5.43 Å². The van der Waals surface area contributed by atoms with E-state index in [0.717, 1.165) is 25.5 Å². The van der Waals surface area contributed by atoms with Gasteiger partial charge in [-0.1, -0.05) is 51.8 Å². The number of carbonyl (C=O) groups excluding carboxylic acids is 1. The number of rotatable bonds is 6. The molecule has 3 aromatic carbocycles. The summed E-state index contributed by atoms with van der Waals surface area (Å²) in [5, 5.41) is 5.53. The standard InChI is InChI=1S/C23H15Br2ClN2O3/c24-17-9-16-10-21(31-22(16)19(25)11-17)23(29)28-27-12-15-3-1-2-4-20(15)30-13-14-5-7-18(26)8-6-14/h1-12H,13H2,(H,28,29)/b27-12-. The van der Waals surface area contributed by atoms with E-state index in [4.69, 9.17) is 20.8 Å². The summed E-state index contributed by atoms with van der Waals surface area (Å²) in [5.74, 6) is 0.362. The molecule has 156 valence electrons. The number of halogens is 3. The maximum absolute atomic E-state index is 12.4. The normalized spacial score (nSPS) is 11.2. The lowest BCUT2D eigenvalue weighted by molar-refractivity contribution is 0.0929. The molecular weight excluding hydrogens is 548 g/mol. The summed E-state index contributed by atoms with van der Waals surface area (Å²) in [4.78, 5) is 12.4. The number of ether oxygens (including phenoxy) is 1. The predicted octanol–water partition coefficient (Wildman–Crippen LogP) is 6.95. The van der Waals surface area contributed by atoms with Gasteiger partial charge in [0.1, 0.15) is 17.9 Å². The number of carbonyl (C=O) groups is 1. The zero-order valence-electron chi connectivity index (χ0n) is 15.9. The van der Waals surface area contributed by atoms with Crippen LogP contribution in [0.15, 0.2) is 85.2 Å². The van der Waals surface area contributed by atoms with E-state index in [1.165, 1.54) is 6.21 Å². The van der Waals surface area contributed by atoms with Gasteiger partial charge in [0.05, 0.1) is 10.7 Å². The number of hydrazone groups is 1. The van der Waals surface area contributed by atoms with Crippen LogP contribution in [0.1, 0.15) is 21.7 Å². The Morgan fingerprint density at radius 3 is 2.68 bits per heavy atom. The minimum atomic E-state index is -0.449. The van der Waals surface area contributed by atoms with Crippen molar-refractivity contribution in [2.24, 2.45) is 5.10 Å². The van der Waals surface area contributed by atoms with Gasteiger partial charge in [-0.15, -0.1) is 0 Å². The summed E-state index contributed by atoms with van der Waals surface area (Å²) < 4.78 is 13.2. The molecule has 0 radical (unpaired) electrons. The average Bonchev–Trinajstić information content (AvgIpc) is 3.19. The maximum atomic E-state index is 12.4. The Labute approximate surface area is 200 Å². The van der Waals surface area contributed by atoms with Gasteiger partial charge in [0.15, 0.2) is 5.76 Å². The van der Waals surface area contributed by atoms with Crippen molar-refractivity contribution in [3.8, 4) is 5.75 Å². The third-order valence-electron chi connectivity index (χ3n) is 4.36. The van der Waals surface area contributed by atoms with Gasteiger partial charge in [0, 0.05) is 20.4 Å². The Kier molecular flexibility index (Phi) is 6.75. The van der Waals surface area contributed by atoms with Gasteiger partial charge >= 0.3 is 5.91 Å². The van der Waals surface area contributed by atoms with Crippen molar-refractivity contribution in [3.63, 3.8) is 0 Å². The molecule has 0 aliphatic carbocycles. The summed E-state index contributed by atoms with van der Waals surface area (Å²) in [6.07, 6.45) is 1.53. The smallest absolute Gasteiger partial charge is 0.307 e. The van der Waals surface area contributed by atoms with Crippen LogP contribution in [0.3, 0.4) is 0 Å². The molecule has 8 heteroatoms. The number of para-hydroxylation sites is 1. The first-order valence-electron chi connectivity index (χ1n) is 9.18. The zero-order chi connectivity index (χ0) is 21.8. The molecule has 0 fully saturated rings. The van der Waals surface area contributed by atoms with Gasteiger partial charge in [-0.05, 0) is 64.0 Å². The molecular formula is C23H15Br2ClN2O3. The van der Waals surface area contributed by atoms with Crippen molar-refractivity contribution >= 4 is 66.6 Å². The third-order valence-corrected chi connectivity index (χ3v) is 5.65. The molecule has 1 aromatic heterocycles. The van der Waals surface area contributed by atoms with Gasteiger partial charge < -0.3 is 9.15 Å². The van der Waals surface area contributed by atoms with E-state index in [1.807, 2.05) is 60.7 Å². The lowest BCUT2D eigenvalue weighted by atomic mass is 10.2. The van der Waals surface area contributed by atoms with Gasteiger partial charge in [-0.2, -0.15) is 5.10 Å². The summed E-state index contributed by atoms with van der Waals surface area (Å²) in [5.41, 5.74) is 4.81. The van der Waals surface area contributed by atoms with Crippen molar-refractivity contribution in [1.29, 1.82) is 0 Å². The van der Waals surface area contributed by atoms with Gasteiger partial charge in [0.25, 0.3) is 0 Å². The summed E-state index contributed by atoms with van der Waals surface area (Å²) in [6, 6.07) is 20.3. The second-order valence-corrected chi connectivity index (χ2v) is 8.78. The highest BCUT2D eigenvalue weighted by Crippen LogP contribution is 2.31. The highest BCUT2D eigenvalue weighted by atomic mass is 79.9. The zero-order valence-corrected chi connectivity index (χ0v) is 19.9. The Morgan fingerprint density at radius 2 is 1.87 bits per heavy atom. The van der Waals surface area contributed by atoms with E-state index in [-0.39, 0.29) is 5.76 Å². The van der Waals surface area contributed by atoms with Crippen LogP contribution in [0.25, 0.3) is 11.0 Å². The second kappa shape index (κ2) is 9.68. The number of fused-ring (bicyclic) bond motifs is 1. The quantitative estimate of drug-likeness (QED) is 0.204. The molecule has 4 aromatic rings. The number of nitrogens with one attached hydrogen (secondary N) is 1. The predicted molar refractivity (Wildman–Crippen MR) is 129 cm³/mol. The Morgan fingerprint density at radius 1 is 1.10 bits per heavy atom. The number of nitrogens with zero attached hydrogens (tertiary/aromatic N) is 1. The SMILES string of the molecule is O=C(N/N=C\c1ccccc1OCc1ccc(Cl)cc1)c1cc2cc(Br)cc(Br)c2o1. The first-order chi connectivity index (χ1) is 15.0. The molecule has 0 aliphatic heterocycles. The number of amides is 1. The van der Waals surface area contributed by atoms with Crippen LogP contribution in [-0.4, -0.2) is 12.1 Å². The molecule has 0 saturated heterocycles. The van der Waals surface area contributed by atoms with E-state index < -0.39 is 5.91 Å². The number of benzene rings is 3. The van der Waals surface area contributed by atoms with E-state index in [2.05, 4.69) is 42.4 Å². The Bertz CT molecular complexity index is 1270. The van der Waals surface area contributed by atoms with E-state index in [0.29, 0.717) is 23.0 Å². The number of hydrogen-bond donors (Lipinski definition) is 1. The first kappa shape index (κ1) is 21.6. The highest BCUT2D eigenvalue weighted by molar-refractivity contribution is 9.11. The largest absolute Gasteiger partial charge is 0.488 e. The average molecular weight is 563 g/mol. The molecule has 0 atom stereocenters. The van der Waals surface area contributed by atoms with Crippen molar-refractivity contribution in [3.05, 3.63) is 97.6 Å². The first-order valence-corrected chi connectivity index (χ1v) is 11.1. The molecule has 31 heavy (non-hydrogen) atoms. The molecule has 1 heterocycles. The second-order valence-electron chi connectivity index (χ2n) is 6.57.